The summed E-state index contributed by atoms with van der Waals surface area (Å²) in [6, 6.07) is 60.5. The van der Waals surface area contributed by atoms with Crippen molar-refractivity contribution in [1.29, 1.82) is 0 Å². The Labute approximate surface area is 290 Å². The summed E-state index contributed by atoms with van der Waals surface area (Å²) in [5.74, 6) is 0. The van der Waals surface area contributed by atoms with Crippen LogP contribution in [0.1, 0.15) is 49.9 Å². The number of fused-ring (bicyclic) bond motifs is 6. The zero-order valence-electron chi connectivity index (χ0n) is 28.5. The molecule has 0 spiro atoms. The van der Waals surface area contributed by atoms with E-state index in [1.54, 1.807) is 0 Å². The molecule has 0 heterocycles. The van der Waals surface area contributed by atoms with Crippen molar-refractivity contribution in [3.8, 4) is 44.5 Å². The van der Waals surface area contributed by atoms with E-state index < -0.39 is 0 Å². The second kappa shape index (κ2) is 10.9. The van der Waals surface area contributed by atoms with Crippen LogP contribution in [0.4, 0.5) is 17.1 Å². The van der Waals surface area contributed by atoms with E-state index in [-0.39, 0.29) is 10.8 Å². The lowest BCUT2D eigenvalue weighted by Crippen LogP contribution is -2.17. The molecule has 0 saturated heterocycles. The van der Waals surface area contributed by atoms with Crippen molar-refractivity contribution in [3.05, 3.63) is 186 Å². The van der Waals surface area contributed by atoms with Crippen molar-refractivity contribution in [2.24, 2.45) is 0 Å². The van der Waals surface area contributed by atoms with Crippen molar-refractivity contribution in [3.63, 3.8) is 0 Å². The first kappa shape index (κ1) is 29.5. The van der Waals surface area contributed by atoms with Crippen LogP contribution in [0.3, 0.4) is 0 Å². The van der Waals surface area contributed by atoms with E-state index in [2.05, 4.69) is 196 Å². The van der Waals surface area contributed by atoms with Crippen LogP contribution in [0.2, 0.25) is 0 Å². The SMILES string of the molecule is CC1(C)c2ccccc2-c2cc(N(c3ccc(-c4ccccc4)cc3)c3ccc4c(c3)C(C)(C)c3cc(-c5ccccc5)ccc3-4)ccc21. The Morgan fingerprint density at radius 1 is 0.306 bits per heavy atom. The van der Waals surface area contributed by atoms with Gasteiger partial charge < -0.3 is 4.90 Å². The third-order valence-corrected chi connectivity index (χ3v) is 11.1. The van der Waals surface area contributed by atoms with Gasteiger partial charge in [-0.05, 0) is 109 Å². The number of rotatable bonds is 5. The summed E-state index contributed by atoms with van der Waals surface area (Å²) >= 11 is 0. The topological polar surface area (TPSA) is 3.24 Å². The van der Waals surface area contributed by atoms with Crippen LogP contribution in [-0.4, -0.2) is 0 Å². The Kier molecular flexibility index (Phi) is 6.58. The Morgan fingerprint density at radius 2 is 0.755 bits per heavy atom. The number of hydrogen-bond acceptors (Lipinski definition) is 1. The van der Waals surface area contributed by atoms with Crippen LogP contribution in [0.5, 0.6) is 0 Å². The lowest BCUT2D eigenvalue weighted by Gasteiger charge is -2.29. The Balaban J connectivity index is 1.19. The minimum Gasteiger partial charge on any atom is -0.310 e. The van der Waals surface area contributed by atoms with Crippen LogP contribution in [-0.2, 0) is 10.8 Å². The zero-order chi connectivity index (χ0) is 33.3. The highest BCUT2D eigenvalue weighted by atomic mass is 15.1. The van der Waals surface area contributed by atoms with E-state index >= 15 is 0 Å². The third-order valence-electron chi connectivity index (χ3n) is 11.1. The molecular formula is C48H39N. The van der Waals surface area contributed by atoms with Gasteiger partial charge in [-0.2, -0.15) is 0 Å². The highest BCUT2D eigenvalue weighted by Crippen LogP contribution is 2.53. The number of benzene rings is 7. The lowest BCUT2D eigenvalue weighted by molar-refractivity contribution is 0.660. The van der Waals surface area contributed by atoms with Gasteiger partial charge >= 0.3 is 0 Å². The average molecular weight is 630 g/mol. The van der Waals surface area contributed by atoms with Crippen LogP contribution < -0.4 is 4.90 Å². The molecule has 0 fully saturated rings. The van der Waals surface area contributed by atoms with Crippen LogP contribution in [0.15, 0.2) is 164 Å². The maximum atomic E-state index is 2.44. The predicted octanol–water partition coefficient (Wildman–Crippen LogP) is 13.1. The molecule has 49 heavy (non-hydrogen) atoms. The van der Waals surface area contributed by atoms with Crippen molar-refractivity contribution in [1.82, 2.24) is 0 Å². The highest BCUT2D eigenvalue weighted by molar-refractivity contribution is 5.90. The van der Waals surface area contributed by atoms with E-state index in [4.69, 9.17) is 0 Å². The molecule has 0 radical (unpaired) electrons. The molecule has 7 aromatic carbocycles. The monoisotopic (exact) mass is 629 g/mol. The van der Waals surface area contributed by atoms with Crippen LogP contribution >= 0.6 is 0 Å². The number of nitrogens with zero attached hydrogens (tertiary/aromatic N) is 1. The van der Waals surface area contributed by atoms with E-state index in [1.165, 1.54) is 78.1 Å². The highest BCUT2D eigenvalue weighted by Gasteiger charge is 2.38. The van der Waals surface area contributed by atoms with E-state index in [1.807, 2.05) is 0 Å². The van der Waals surface area contributed by atoms with Gasteiger partial charge in [-0.3, -0.25) is 0 Å². The summed E-state index contributed by atoms with van der Waals surface area (Å²) in [6.07, 6.45) is 0. The Bertz CT molecular complexity index is 2360. The quantitative estimate of drug-likeness (QED) is 0.183. The molecule has 0 aromatic heterocycles. The van der Waals surface area contributed by atoms with Crippen LogP contribution in [0, 0.1) is 0 Å². The van der Waals surface area contributed by atoms with Gasteiger partial charge in [0.15, 0.2) is 0 Å². The molecule has 0 bridgehead atoms. The molecule has 236 valence electrons. The molecule has 9 rings (SSSR count). The third kappa shape index (κ3) is 4.60. The first-order valence-corrected chi connectivity index (χ1v) is 17.4. The smallest absolute Gasteiger partial charge is 0.0468 e. The van der Waals surface area contributed by atoms with E-state index in [0.717, 1.165) is 5.69 Å². The van der Waals surface area contributed by atoms with Crippen LogP contribution in [0.25, 0.3) is 44.5 Å². The summed E-state index contributed by atoms with van der Waals surface area (Å²) in [4.78, 5) is 2.44. The summed E-state index contributed by atoms with van der Waals surface area (Å²) < 4.78 is 0. The molecule has 0 N–H and O–H groups in total. The first-order chi connectivity index (χ1) is 23.8. The maximum absolute atomic E-state index is 2.44. The molecule has 0 unspecified atom stereocenters. The standard InChI is InChI=1S/C48H39N/c1-47(2)43-18-12-11-17-39(43)42-30-37(25-28-44(42)47)49(36-22-19-34(20-23-36)32-13-7-5-8-14-32)38-24-27-41-40-26-21-35(33-15-9-6-10-16-33)29-45(40)48(3,4)46(41)31-38/h5-31H,1-4H3. The number of hydrogen-bond donors (Lipinski definition) is 0. The zero-order valence-corrected chi connectivity index (χ0v) is 28.5. The van der Waals surface area contributed by atoms with Gasteiger partial charge in [-0.15, -0.1) is 0 Å². The predicted molar refractivity (Wildman–Crippen MR) is 207 cm³/mol. The summed E-state index contributed by atoms with van der Waals surface area (Å²) in [6.45, 7) is 9.45. The molecule has 0 aliphatic heterocycles. The van der Waals surface area contributed by atoms with Crippen molar-refractivity contribution < 1.29 is 0 Å². The summed E-state index contributed by atoms with van der Waals surface area (Å²) in [7, 11) is 0. The largest absolute Gasteiger partial charge is 0.310 e. The Hall–Kier alpha value is -5.66. The van der Waals surface area contributed by atoms with Gasteiger partial charge in [0.2, 0.25) is 0 Å². The minimum absolute atomic E-state index is 0.0331. The van der Waals surface area contributed by atoms with Gasteiger partial charge in [0.1, 0.15) is 0 Å². The fourth-order valence-corrected chi connectivity index (χ4v) is 8.40. The van der Waals surface area contributed by atoms with Gasteiger partial charge in [0, 0.05) is 27.9 Å². The van der Waals surface area contributed by atoms with Gasteiger partial charge in [-0.25, -0.2) is 0 Å². The molecule has 2 aliphatic carbocycles. The summed E-state index contributed by atoms with van der Waals surface area (Å²) in [5, 5.41) is 0. The minimum atomic E-state index is -0.144. The van der Waals surface area contributed by atoms with Gasteiger partial charge in [-0.1, -0.05) is 149 Å². The van der Waals surface area contributed by atoms with Crippen molar-refractivity contribution in [2.45, 2.75) is 38.5 Å². The summed E-state index contributed by atoms with van der Waals surface area (Å²) in [5.41, 5.74) is 19.1. The van der Waals surface area contributed by atoms with E-state index in [9.17, 15) is 0 Å². The molecule has 0 amide bonds. The molecule has 0 saturated carbocycles. The molecule has 1 heteroatoms. The van der Waals surface area contributed by atoms with Crippen molar-refractivity contribution in [2.75, 3.05) is 4.90 Å². The fourth-order valence-electron chi connectivity index (χ4n) is 8.40. The molecular weight excluding hydrogens is 591 g/mol. The number of anilines is 3. The molecule has 1 nitrogen and oxygen atoms in total. The lowest BCUT2D eigenvalue weighted by atomic mass is 9.81. The fraction of sp³-hybridized carbons (Fsp3) is 0.125. The van der Waals surface area contributed by atoms with E-state index in [0.29, 0.717) is 0 Å². The average Bonchev–Trinajstić information content (AvgIpc) is 3.51. The van der Waals surface area contributed by atoms with Crippen molar-refractivity contribution >= 4 is 17.1 Å². The first-order valence-electron chi connectivity index (χ1n) is 17.4. The van der Waals surface area contributed by atoms with Gasteiger partial charge in [0.25, 0.3) is 0 Å². The second-order valence-electron chi connectivity index (χ2n) is 14.6. The maximum Gasteiger partial charge on any atom is 0.0468 e. The molecule has 0 atom stereocenters. The molecule has 7 aromatic rings. The van der Waals surface area contributed by atoms with Gasteiger partial charge in [0.05, 0.1) is 0 Å². The molecule has 2 aliphatic rings. The Morgan fingerprint density at radius 3 is 1.47 bits per heavy atom. The second-order valence-corrected chi connectivity index (χ2v) is 14.6. The normalized spacial score (nSPS) is 14.4.